The molecule has 5 fully saturated rings. The lowest BCUT2D eigenvalue weighted by molar-refractivity contribution is -0.577. The number of nitrogens with one attached hydrogen (secondary N) is 1. The normalized spacial score (nSPS) is 43.9. The van der Waals surface area contributed by atoms with Gasteiger partial charge in [-0.05, 0) is 38.0 Å². The number of fused-ring (bicyclic) bond motifs is 2. The fourth-order valence-electron chi connectivity index (χ4n) is 5.91. The van der Waals surface area contributed by atoms with Crippen molar-refractivity contribution in [1.82, 2.24) is 20.4 Å². The van der Waals surface area contributed by atoms with Crippen LogP contribution in [0.1, 0.15) is 56.9 Å². The smallest absolute Gasteiger partial charge is 0.287 e. The molecule has 5 aliphatic rings. The maximum atomic E-state index is 11.5. The zero-order chi connectivity index (χ0) is 21.8. The van der Waals surface area contributed by atoms with Crippen LogP contribution in [0.5, 0.6) is 0 Å². The second-order valence-corrected chi connectivity index (χ2v) is 9.48. The van der Waals surface area contributed by atoms with Crippen molar-refractivity contribution in [2.24, 2.45) is 29.5 Å². The van der Waals surface area contributed by atoms with E-state index in [4.69, 9.17) is 29.8 Å². The fraction of sp³-hybridized carbons (Fsp3) is 0.850. The summed E-state index contributed by atoms with van der Waals surface area (Å²) in [6.07, 6.45) is 4.50. The molecule has 1 amide bonds. The number of hydrazine groups is 1. The van der Waals surface area contributed by atoms with Crippen LogP contribution < -0.4 is 11.3 Å². The molecule has 1 aromatic rings. The topological polar surface area (TPSA) is 132 Å². The number of ether oxygens (including phenoxy) is 3. The summed E-state index contributed by atoms with van der Waals surface area (Å²) in [4.78, 5) is 23.5. The fourth-order valence-corrected chi connectivity index (χ4v) is 5.91. The Morgan fingerprint density at radius 1 is 1.32 bits per heavy atom. The van der Waals surface area contributed by atoms with Gasteiger partial charge in [0, 0.05) is 18.3 Å². The van der Waals surface area contributed by atoms with Gasteiger partial charge in [0.2, 0.25) is 5.79 Å². The minimum Gasteiger partial charge on any atom is -0.350 e. The zero-order valence-corrected chi connectivity index (χ0v) is 18.2. The number of aromatic nitrogens is 3. The second kappa shape index (κ2) is 7.75. The largest absolute Gasteiger partial charge is 0.350 e. The lowest BCUT2D eigenvalue weighted by atomic mass is 9.58. The molecule has 1 aromatic heterocycles. The molecule has 4 aliphatic heterocycles. The Balaban J connectivity index is 1.29. The van der Waals surface area contributed by atoms with Crippen LogP contribution in [0.25, 0.3) is 0 Å². The van der Waals surface area contributed by atoms with E-state index in [1.165, 1.54) is 6.20 Å². The zero-order valence-electron chi connectivity index (χ0n) is 18.2. The predicted octanol–water partition coefficient (Wildman–Crippen LogP) is 1.11. The molecule has 31 heavy (non-hydrogen) atoms. The van der Waals surface area contributed by atoms with Crippen molar-refractivity contribution >= 4 is 5.91 Å². The van der Waals surface area contributed by atoms with Gasteiger partial charge in [-0.15, -0.1) is 5.10 Å². The molecular weight excluding hydrogens is 406 g/mol. The Bertz CT molecular complexity index is 837. The van der Waals surface area contributed by atoms with Gasteiger partial charge in [0.15, 0.2) is 23.9 Å². The van der Waals surface area contributed by atoms with Crippen LogP contribution in [0.3, 0.4) is 0 Å². The number of nitrogens with two attached hydrogens (primary N) is 1. The molecule has 11 heteroatoms. The van der Waals surface area contributed by atoms with Crippen LogP contribution >= 0.6 is 0 Å². The Kier molecular flexibility index (Phi) is 5.31. The molecule has 172 valence electrons. The van der Waals surface area contributed by atoms with Gasteiger partial charge in [-0.3, -0.25) is 10.2 Å². The number of carbonyl (C=O) groups is 1. The standard InChI is InChI=1S/C20H31N5O6/c1-11-4-5-14-12(2)17(27-9-8-25-10-15(23-24-25)16(26)22-21)28-18-20(14)13(11)6-7-19(3,29-18)30-31-20/h10-14,17-18H,4-9,21H2,1-3H3,(H,22,26)/t11?,12-,13+,14?,17+,18-,19+,20-/m1/s1. The lowest BCUT2D eigenvalue weighted by Gasteiger charge is -2.60. The molecule has 1 spiro atoms. The van der Waals surface area contributed by atoms with Gasteiger partial charge in [-0.25, -0.2) is 20.3 Å². The van der Waals surface area contributed by atoms with Crippen molar-refractivity contribution < 1.29 is 28.8 Å². The summed E-state index contributed by atoms with van der Waals surface area (Å²) in [5, 5.41) is 7.73. The molecule has 8 atom stereocenters. The highest BCUT2D eigenvalue weighted by atomic mass is 17.3. The monoisotopic (exact) mass is 437 g/mol. The lowest BCUT2D eigenvalue weighted by Crippen LogP contribution is -2.70. The van der Waals surface area contributed by atoms with E-state index in [-0.39, 0.29) is 17.5 Å². The minimum atomic E-state index is -0.802. The SMILES string of the molecule is CC1CCC2[C@@H](C)[C@@H](OCCn3cc(C(=O)NN)nn3)O[C@@H]3O[C@]4(C)CC[C@@H]1[C@@]23OO4. The van der Waals surface area contributed by atoms with E-state index < -0.39 is 29.9 Å². The molecule has 3 N–H and O–H groups in total. The van der Waals surface area contributed by atoms with E-state index in [9.17, 15) is 4.79 Å². The molecule has 1 saturated carbocycles. The highest BCUT2D eigenvalue weighted by Gasteiger charge is 2.69. The number of amides is 1. The second-order valence-electron chi connectivity index (χ2n) is 9.48. The number of nitrogens with zero attached hydrogens (tertiary/aromatic N) is 3. The van der Waals surface area contributed by atoms with E-state index in [1.807, 2.05) is 12.3 Å². The van der Waals surface area contributed by atoms with Crippen LogP contribution in [0.15, 0.2) is 6.20 Å². The van der Waals surface area contributed by atoms with E-state index in [0.717, 1.165) is 25.7 Å². The molecule has 5 heterocycles. The van der Waals surface area contributed by atoms with E-state index in [1.54, 1.807) is 4.68 Å². The first-order valence-electron chi connectivity index (χ1n) is 11.1. The molecule has 11 nitrogen and oxygen atoms in total. The third-order valence-corrected chi connectivity index (χ3v) is 7.60. The summed E-state index contributed by atoms with van der Waals surface area (Å²) in [6, 6.07) is 0. The molecular formula is C20H31N5O6. The van der Waals surface area contributed by atoms with Gasteiger partial charge in [-0.2, -0.15) is 0 Å². The highest BCUT2D eigenvalue weighted by molar-refractivity contribution is 5.91. The highest BCUT2D eigenvalue weighted by Crippen LogP contribution is 2.60. The number of hydrogen-bond acceptors (Lipinski definition) is 9. The third kappa shape index (κ3) is 3.38. The summed E-state index contributed by atoms with van der Waals surface area (Å²) < 4.78 is 20.4. The van der Waals surface area contributed by atoms with Crippen molar-refractivity contribution in [3.8, 4) is 0 Å². The molecule has 1 aliphatic carbocycles. The number of carbonyl (C=O) groups excluding carboxylic acids is 1. The Morgan fingerprint density at radius 2 is 2.16 bits per heavy atom. The van der Waals surface area contributed by atoms with Gasteiger partial charge in [0.1, 0.15) is 0 Å². The van der Waals surface area contributed by atoms with Gasteiger partial charge in [0.05, 0.1) is 19.3 Å². The summed E-state index contributed by atoms with van der Waals surface area (Å²) in [7, 11) is 0. The predicted molar refractivity (Wildman–Crippen MR) is 104 cm³/mol. The summed E-state index contributed by atoms with van der Waals surface area (Å²) in [6.45, 7) is 7.13. The van der Waals surface area contributed by atoms with Crippen molar-refractivity contribution in [3.63, 3.8) is 0 Å². The van der Waals surface area contributed by atoms with Crippen LogP contribution in [0, 0.1) is 23.7 Å². The third-order valence-electron chi connectivity index (χ3n) is 7.60. The van der Waals surface area contributed by atoms with Crippen LogP contribution in [0.4, 0.5) is 0 Å². The average molecular weight is 437 g/mol. The summed E-state index contributed by atoms with van der Waals surface area (Å²) in [5.74, 6) is 5.00. The Morgan fingerprint density at radius 3 is 2.97 bits per heavy atom. The minimum absolute atomic E-state index is 0.107. The maximum absolute atomic E-state index is 11.5. The number of rotatable bonds is 5. The van der Waals surface area contributed by atoms with Crippen LogP contribution in [-0.2, 0) is 30.5 Å². The first-order chi connectivity index (χ1) is 14.9. The van der Waals surface area contributed by atoms with E-state index in [0.29, 0.717) is 25.0 Å². The number of nitrogen functional groups attached to an aromatic ring is 1. The quantitative estimate of drug-likeness (QED) is 0.301. The van der Waals surface area contributed by atoms with Crippen molar-refractivity contribution in [2.45, 2.75) is 77.0 Å². The van der Waals surface area contributed by atoms with Gasteiger partial charge >= 0.3 is 0 Å². The number of hydrogen-bond donors (Lipinski definition) is 2. The molecule has 2 unspecified atom stereocenters. The van der Waals surface area contributed by atoms with E-state index in [2.05, 4.69) is 24.2 Å². The molecule has 0 aromatic carbocycles. The van der Waals surface area contributed by atoms with Crippen molar-refractivity contribution in [1.29, 1.82) is 0 Å². The van der Waals surface area contributed by atoms with Crippen LogP contribution in [0.2, 0.25) is 0 Å². The first-order valence-corrected chi connectivity index (χ1v) is 11.1. The Hall–Kier alpha value is -1.63. The molecule has 6 rings (SSSR count). The molecule has 0 radical (unpaired) electrons. The summed E-state index contributed by atoms with van der Waals surface area (Å²) in [5.41, 5.74) is 1.60. The van der Waals surface area contributed by atoms with Gasteiger partial charge < -0.3 is 14.2 Å². The van der Waals surface area contributed by atoms with Crippen LogP contribution in [-0.4, -0.2) is 51.5 Å². The van der Waals surface area contributed by atoms with E-state index >= 15 is 0 Å². The average Bonchev–Trinajstić information content (AvgIpc) is 3.11. The first kappa shape index (κ1) is 21.2. The van der Waals surface area contributed by atoms with Crippen molar-refractivity contribution in [2.75, 3.05) is 6.61 Å². The van der Waals surface area contributed by atoms with Gasteiger partial charge in [-0.1, -0.05) is 19.1 Å². The molecule has 4 saturated heterocycles. The van der Waals surface area contributed by atoms with Gasteiger partial charge in [0.25, 0.3) is 5.91 Å². The Labute approximate surface area is 180 Å². The summed E-state index contributed by atoms with van der Waals surface area (Å²) >= 11 is 0. The molecule has 2 bridgehead atoms. The van der Waals surface area contributed by atoms with Crippen molar-refractivity contribution in [3.05, 3.63) is 11.9 Å². The maximum Gasteiger partial charge on any atom is 0.287 e.